The fraction of sp³-hybridized carbons (Fsp3) is 0.111. The molecular formula is C18H16N6O4. The molecular weight excluding hydrogens is 364 g/mol. The van der Waals surface area contributed by atoms with E-state index in [4.69, 9.17) is 0 Å². The number of carbonyl (C=O) groups excluding carboxylic acids is 2. The van der Waals surface area contributed by atoms with Crippen LogP contribution in [0, 0.1) is 10.1 Å². The summed E-state index contributed by atoms with van der Waals surface area (Å²) >= 11 is 0. The van der Waals surface area contributed by atoms with Gasteiger partial charge in [0.1, 0.15) is 5.70 Å². The van der Waals surface area contributed by atoms with Crippen LogP contribution in [0.5, 0.6) is 0 Å². The van der Waals surface area contributed by atoms with Crippen molar-refractivity contribution in [2.45, 2.75) is 0 Å². The van der Waals surface area contributed by atoms with Crippen molar-refractivity contribution in [3.63, 3.8) is 0 Å². The topological polar surface area (TPSA) is 139 Å². The van der Waals surface area contributed by atoms with Gasteiger partial charge in [-0.3, -0.25) is 24.7 Å². The van der Waals surface area contributed by atoms with E-state index in [0.29, 0.717) is 17.1 Å². The second-order valence-corrected chi connectivity index (χ2v) is 5.72. The Bertz CT molecular complexity index is 986. The number of nitro benzene ring substituents is 1. The Balaban J connectivity index is 1.50. The number of hydrogen-bond donors (Lipinski definition) is 3. The van der Waals surface area contributed by atoms with Crippen molar-refractivity contribution in [1.29, 1.82) is 0 Å². The summed E-state index contributed by atoms with van der Waals surface area (Å²) in [6.45, 7) is 0.526. The molecule has 1 aliphatic rings. The number of nitrogens with one attached hydrogen (secondary N) is 3. The highest BCUT2D eigenvalue weighted by molar-refractivity contribution is 6.13. The van der Waals surface area contributed by atoms with Crippen LogP contribution in [0.1, 0.15) is 5.56 Å². The fourth-order valence-corrected chi connectivity index (χ4v) is 2.40. The van der Waals surface area contributed by atoms with Crippen LogP contribution in [-0.4, -0.2) is 41.0 Å². The highest BCUT2D eigenvalue weighted by atomic mass is 16.6. The number of fused-ring (bicyclic) bond motifs is 1. The van der Waals surface area contributed by atoms with Crippen LogP contribution in [0.2, 0.25) is 0 Å². The fourth-order valence-electron chi connectivity index (χ4n) is 2.40. The van der Waals surface area contributed by atoms with Gasteiger partial charge in [0.25, 0.3) is 11.6 Å². The quantitative estimate of drug-likeness (QED) is 0.228. The zero-order valence-electron chi connectivity index (χ0n) is 14.6. The number of nitro groups is 1. The van der Waals surface area contributed by atoms with Crippen molar-refractivity contribution < 1.29 is 14.5 Å². The number of rotatable bonds is 6. The van der Waals surface area contributed by atoms with E-state index in [9.17, 15) is 19.7 Å². The lowest BCUT2D eigenvalue weighted by atomic mass is 10.2. The van der Waals surface area contributed by atoms with Gasteiger partial charge in [0, 0.05) is 37.2 Å². The van der Waals surface area contributed by atoms with Crippen LogP contribution < -0.4 is 16.0 Å². The third-order valence-electron chi connectivity index (χ3n) is 3.69. The Morgan fingerprint density at radius 2 is 2.14 bits per heavy atom. The molecule has 10 heteroatoms. The van der Waals surface area contributed by atoms with Crippen molar-refractivity contribution in [2.75, 3.05) is 23.7 Å². The molecule has 0 radical (unpaired) electrons. The molecule has 0 bridgehead atoms. The summed E-state index contributed by atoms with van der Waals surface area (Å²) in [5.41, 5.74) is 1.29. The van der Waals surface area contributed by atoms with Crippen LogP contribution in [0.4, 0.5) is 17.2 Å². The smallest absolute Gasteiger partial charge is 0.273 e. The molecule has 0 unspecified atom stereocenters. The van der Waals surface area contributed by atoms with Crippen LogP contribution >= 0.6 is 0 Å². The molecule has 1 aliphatic heterocycles. The van der Waals surface area contributed by atoms with Crippen molar-refractivity contribution in [3.05, 3.63) is 70.0 Å². The molecule has 1 aromatic carbocycles. The van der Waals surface area contributed by atoms with Gasteiger partial charge in [-0.15, -0.1) is 0 Å². The zero-order valence-corrected chi connectivity index (χ0v) is 14.6. The summed E-state index contributed by atoms with van der Waals surface area (Å²) in [6.07, 6.45) is 4.21. The van der Waals surface area contributed by atoms with Crippen molar-refractivity contribution >= 4 is 35.2 Å². The SMILES string of the molecule is O=C(/C=C1/Nc2cccnc2NC1=O)NCCN=Cc1cccc([N+](=O)[O-])c1. The van der Waals surface area contributed by atoms with E-state index < -0.39 is 16.7 Å². The Labute approximate surface area is 159 Å². The first-order chi connectivity index (χ1) is 13.5. The first-order valence-electron chi connectivity index (χ1n) is 8.30. The summed E-state index contributed by atoms with van der Waals surface area (Å²) in [4.78, 5) is 42.3. The predicted molar refractivity (Wildman–Crippen MR) is 103 cm³/mol. The average molecular weight is 380 g/mol. The van der Waals surface area contributed by atoms with Crippen molar-refractivity contribution in [2.24, 2.45) is 4.99 Å². The summed E-state index contributed by atoms with van der Waals surface area (Å²) < 4.78 is 0. The standard InChI is InChI=1S/C18H16N6O4/c25-16(10-15-18(26)23-17-14(22-15)5-2-6-21-17)20-8-7-19-11-12-3-1-4-13(9-12)24(27)28/h1-6,9-11,22H,7-8H2,(H,20,25)(H,21,23,26)/b15-10+,19-11?. The van der Waals surface area contributed by atoms with E-state index >= 15 is 0 Å². The van der Waals surface area contributed by atoms with E-state index in [0.717, 1.165) is 6.08 Å². The van der Waals surface area contributed by atoms with Crippen molar-refractivity contribution in [3.8, 4) is 0 Å². The molecule has 2 heterocycles. The third kappa shape index (κ3) is 4.75. The number of carbonyl (C=O) groups is 2. The van der Waals surface area contributed by atoms with Gasteiger partial charge in [-0.25, -0.2) is 4.98 Å². The Morgan fingerprint density at radius 3 is 2.96 bits per heavy atom. The van der Waals surface area contributed by atoms with E-state index in [2.05, 4.69) is 25.9 Å². The van der Waals surface area contributed by atoms with Crippen molar-refractivity contribution in [1.82, 2.24) is 10.3 Å². The van der Waals surface area contributed by atoms with Gasteiger partial charge in [-0.2, -0.15) is 0 Å². The molecule has 1 aromatic heterocycles. The van der Waals surface area contributed by atoms with E-state index in [1.807, 2.05) is 0 Å². The lowest BCUT2D eigenvalue weighted by molar-refractivity contribution is -0.384. The molecule has 0 saturated heterocycles. The maximum Gasteiger partial charge on any atom is 0.273 e. The Morgan fingerprint density at radius 1 is 1.29 bits per heavy atom. The van der Waals surface area contributed by atoms with Gasteiger partial charge in [-0.1, -0.05) is 12.1 Å². The van der Waals surface area contributed by atoms with Crippen LogP contribution in [-0.2, 0) is 9.59 Å². The number of amides is 2. The number of non-ortho nitro benzene ring substituents is 1. The van der Waals surface area contributed by atoms with E-state index in [1.54, 1.807) is 30.5 Å². The molecule has 0 atom stereocenters. The van der Waals surface area contributed by atoms with Crippen LogP contribution in [0.3, 0.4) is 0 Å². The third-order valence-corrected chi connectivity index (χ3v) is 3.69. The molecule has 3 N–H and O–H groups in total. The minimum absolute atomic E-state index is 0.0149. The highest BCUT2D eigenvalue weighted by Gasteiger charge is 2.20. The number of anilines is 2. The molecule has 2 amide bonds. The number of aromatic nitrogens is 1. The molecule has 2 aromatic rings. The summed E-state index contributed by atoms with van der Waals surface area (Å²) in [5, 5.41) is 18.8. The average Bonchev–Trinajstić information content (AvgIpc) is 2.68. The van der Waals surface area contributed by atoms with E-state index in [1.165, 1.54) is 18.3 Å². The number of benzene rings is 1. The first-order valence-corrected chi connectivity index (χ1v) is 8.30. The van der Waals surface area contributed by atoms with Crippen LogP contribution in [0.25, 0.3) is 0 Å². The molecule has 0 fully saturated rings. The normalized spacial score (nSPS) is 14.3. The van der Waals surface area contributed by atoms with E-state index in [-0.39, 0.29) is 24.5 Å². The molecule has 0 saturated carbocycles. The summed E-state index contributed by atoms with van der Waals surface area (Å²) in [6, 6.07) is 9.51. The predicted octanol–water partition coefficient (Wildman–Crippen LogP) is 1.47. The molecule has 0 spiro atoms. The lowest BCUT2D eigenvalue weighted by Gasteiger charge is -2.19. The second kappa shape index (κ2) is 8.54. The molecule has 3 rings (SSSR count). The van der Waals surface area contributed by atoms with Gasteiger partial charge in [0.15, 0.2) is 5.82 Å². The van der Waals surface area contributed by atoms with Gasteiger partial charge < -0.3 is 16.0 Å². The largest absolute Gasteiger partial charge is 0.351 e. The summed E-state index contributed by atoms with van der Waals surface area (Å²) in [7, 11) is 0. The molecule has 10 nitrogen and oxygen atoms in total. The minimum Gasteiger partial charge on any atom is -0.351 e. The zero-order chi connectivity index (χ0) is 19.9. The number of nitrogens with zero attached hydrogens (tertiary/aromatic N) is 3. The number of aliphatic imine (C=N–C) groups is 1. The van der Waals surface area contributed by atoms with Gasteiger partial charge >= 0.3 is 0 Å². The van der Waals surface area contributed by atoms with Gasteiger partial charge in [-0.05, 0) is 17.7 Å². The maximum absolute atomic E-state index is 12.0. The lowest BCUT2D eigenvalue weighted by Crippen LogP contribution is -2.30. The molecule has 142 valence electrons. The number of pyridine rings is 1. The molecule has 28 heavy (non-hydrogen) atoms. The Kier molecular flexibility index (Phi) is 5.70. The maximum atomic E-state index is 12.0. The first kappa shape index (κ1) is 18.7. The van der Waals surface area contributed by atoms with Gasteiger partial charge in [0.05, 0.1) is 17.2 Å². The molecule has 0 aliphatic carbocycles. The van der Waals surface area contributed by atoms with Gasteiger partial charge in [0.2, 0.25) is 5.91 Å². The Hall–Kier alpha value is -4.08. The minimum atomic E-state index is -0.477. The van der Waals surface area contributed by atoms with Crippen LogP contribution in [0.15, 0.2) is 59.4 Å². The summed E-state index contributed by atoms with van der Waals surface area (Å²) in [5.74, 6) is -0.499. The highest BCUT2D eigenvalue weighted by Crippen LogP contribution is 2.24. The monoisotopic (exact) mass is 380 g/mol. The number of hydrogen-bond acceptors (Lipinski definition) is 7. The second-order valence-electron chi connectivity index (χ2n) is 5.72.